The van der Waals surface area contributed by atoms with Gasteiger partial charge in [-0.25, -0.2) is 4.79 Å². The van der Waals surface area contributed by atoms with Gasteiger partial charge in [0.1, 0.15) is 0 Å². The Labute approximate surface area is 121 Å². The standard InChI is InChI=1S/C17H25NO2/c1-3-5-13-18(14-6-4-2)16-10-7-15(8-11-16)9-12-17(19)20/h7-12H,3-6,13-14H2,1-2H3,(H,19,20)/b12-9+. The summed E-state index contributed by atoms with van der Waals surface area (Å²) in [4.78, 5) is 12.9. The highest BCUT2D eigenvalue weighted by Crippen LogP contribution is 2.17. The fraction of sp³-hybridized carbons (Fsp3) is 0.471. The highest BCUT2D eigenvalue weighted by atomic mass is 16.4. The Kier molecular flexibility index (Phi) is 7.48. The third-order valence-electron chi connectivity index (χ3n) is 3.24. The smallest absolute Gasteiger partial charge is 0.328 e. The van der Waals surface area contributed by atoms with Crippen LogP contribution in [0.15, 0.2) is 30.3 Å². The predicted molar refractivity (Wildman–Crippen MR) is 85.1 cm³/mol. The molecule has 0 bridgehead atoms. The fourth-order valence-corrected chi connectivity index (χ4v) is 2.03. The molecule has 0 saturated heterocycles. The Morgan fingerprint density at radius 2 is 1.65 bits per heavy atom. The number of unbranched alkanes of at least 4 members (excludes halogenated alkanes) is 2. The monoisotopic (exact) mass is 275 g/mol. The van der Waals surface area contributed by atoms with Crippen LogP contribution in [0.2, 0.25) is 0 Å². The summed E-state index contributed by atoms with van der Waals surface area (Å²) in [6.07, 6.45) is 7.58. The normalized spacial score (nSPS) is 10.9. The number of anilines is 1. The Hall–Kier alpha value is -1.77. The summed E-state index contributed by atoms with van der Waals surface area (Å²) in [5.74, 6) is -0.915. The lowest BCUT2D eigenvalue weighted by Crippen LogP contribution is -2.25. The SMILES string of the molecule is CCCCN(CCCC)c1ccc(/C=C/C(=O)O)cc1. The molecule has 3 heteroatoms. The molecular formula is C17H25NO2. The molecule has 0 heterocycles. The second-order valence-corrected chi connectivity index (χ2v) is 4.96. The third-order valence-corrected chi connectivity index (χ3v) is 3.24. The molecule has 0 aliphatic heterocycles. The van der Waals surface area contributed by atoms with Crippen LogP contribution in [0.3, 0.4) is 0 Å². The predicted octanol–water partition coefficient (Wildman–Crippen LogP) is 4.19. The molecule has 0 unspecified atom stereocenters. The minimum atomic E-state index is -0.915. The fourth-order valence-electron chi connectivity index (χ4n) is 2.03. The van der Waals surface area contributed by atoms with Crippen molar-refractivity contribution in [3.8, 4) is 0 Å². The highest BCUT2D eigenvalue weighted by Gasteiger charge is 2.05. The van der Waals surface area contributed by atoms with Gasteiger partial charge in [0, 0.05) is 24.9 Å². The van der Waals surface area contributed by atoms with E-state index in [1.165, 1.54) is 37.4 Å². The molecule has 0 aliphatic rings. The average molecular weight is 275 g/mol. The van der Waals surface area contributed by atoms with E-state index in [1.54, 1.807) is 6.08 Å². The van der Waals surface area contributed by atoms with Gasteiger partial charge in [-0.3, -0.25) is 0 Å². The molecule has 0 spiro atoms. The van der Waals surface area contributed by atoms with E-state index in [4.69, 9.17) is 5.11 Å². The van der Waals surface area contributed by atoms with Gasteiger partial charge in [-0.15, -0.1) is 0 Å². The van der Waals surface area contributed by atoms with Crippen LogP contribution in [0.1, 0.15) is 45.1 Å². The van der Waals surface area contributed by atoms with Gasteiger partial charge in [-0.2, -0.15) is 0 Å². The second-order valence-electron chi connectivity index (χ2n) is 4.96. The van der Waals surface area contributed by atoms with E-state index in [9.17, 15) is 4.79 Å². The first-order chi connectivity index (χ1) is 9.67. The first-order valence-electron chi connectivity index (χ1n) is 7.43. The maximum absolute atomic E-state index is 10.5. The summed E-state index contributed by atoms with van der Waals surface area (Å²) in [7, 11) is 0. The molecular weight excluding hydrogens is 250 g/mol. The Bertz CT molecular complexity index is 415. The van der Waals surface area contributed by atoms with E-state index in [0.717, 1.165) is 18.7 Å². The molecule has 1 aromatic rings. The molecule has 1 rings (SSSR count). The number of carbonyl (C=O) groups is 1. The van der Waals surface area contributed by atoms with Gasteiger partial charge in [0.15, 0.2) is 0 Å². The zero-order valence-electron chi connectivity index (χ0n) is 12.5. The maximum Gasteiger partial charge on any atom is 0.328 e. The zero-order chi connectivity index (χ0) is 14.8. The highest BCUT2D eigenvalue weighted by molar-refractivity contribution is 5.85. The second kappa shape index (κ2) is 9.18. The summed E-state index contributed by atoms with van der Waals surface area (Å²) >= 11 is 0. The summed E-state index contributed by atoms with van der Waals surface area (Å²) in [5.41, 5.74) is 2.14. The van der Waals surface area contributed by atoms with Crippen molar-refractivity contribution in [1.29, 1.82) is 0 Å². The van der Waals surface area contributed by atoms with Gasteiger partial charge in [0.2, 0.25) is 0 Å². The number of carboxylic acids is 1. The largest absolute Gasteiger partial charge is 0.478 e. The van der Waals surface area contributed by atoms with E-state index in [1.807, 2.05) is 12.1 Å². The van der Waals surface area contributed by atoms with Crippen LogP contribution in [0.4, 0.5) is 5.69 Å². The zero-order valence-corrected chi connectivity index (χ0v) is 12.5. The van der Waals surface area contributed by atoms with Crippen molar-refractivity contribution in [2.24, 2.45) is 0 Å². The Morgan fingerprint density at radius 3 is 2.10 bits per heavy atom. The minimum Gasteiger partial charge on any atom is -0.478 e. The maximum atomic E-state index is 10.5. The Balaban J connectivity index is 2.72. The van der Waals surface area contributed by atoms with Gasteiger partial charge in [0.25, 0.3) is 0 Å². The molecule has 0 fully saturated rings. The molecule has 0 aromatic heterocycles. The molecule has 0 radical (unpaired) electrons. The molecule has 0 aliphatic carbocycles. The summed E-state index contributed by atoms with van der Waals surface area (Å²) < 4.78 is 0. The van der Waals surface area contributed by atoms with E-state index < -0.39 is 5.97 Å². The van der Waals surface area contributed by atoms with Crippen LogP contribution in [0, 0.1) is 0 Å². The molecule has 1 aromatic carbocycles. The van der Waals surface area contributed by atoms with Crippen molar-refractivity contribution in [3.05, 3.63) is 35.9 Å². The quantitative estimate of drug-likeness (QED) is 0.687. The first-order valence-corrected chi connectivity index (χ1v) is 7.43. The number of aliphatic carboxylic acids is 1. The van der Waals surface area contributed by atoms with Crippen LogP contribution in [0.5, 0.6) is 0 Å². The molecule has 1 N–H and O–H groups in total. The lowest BCUT2D eigenvalue weighted by molar-refractivity contribution is -0.131. The van der Waals surface area contributed by atoms with Crippen molar-refractivity contribution in [3.63, 3.8) is 0 Å². The lowest BCUT2D eigenvalue weighted by atomic mass is 10.1. The third kappa shape index (κ3) is 5.91. The summed E-state index contributed by atoms with van der Waals surface area (Å²) in [6, 6.07) is 8.10. The number of hydrogen-bond donors (Lipinski definition) is 1. The molecule has 3 nitrogen and oxygen atoms in total. The van der Waals surface area contributed by atoms with Crippen molar-refractivity contribution in [2.45, 2.75) is 39.5 Å². The van der Waals surface area contributed by atoms with Crippen molar-refractivity contribution >= 4 is 17.7 Å². The van der Waals surface area contributed by atoms with Crippen LogP contribution in [-0.2, 0) is 4.79 Å². The van der Waals surface area contributed by atoms with E-state index >= 15 is 0 Å². The van der Waals surface area contributed by atoms with E-state index in [0.29, 0.717) is 0 Å². The van der Waals surface area contributed by atoms with E-state index in [-0.39, 0.29) is 0 Å². The Morgan fingerprint density at radius 1 is 1.10 bits per heavy atom. The summed E-state index contributed by atoms with van der Waals surface area (Å²) in [6.45, 7) is 6.58. The van der Waals surface area contributed by atoms with E-state index in [2.05, 4.69) is 30.9 Å². The number of nitrogens with zero attached hydrogens (tertiary/aromatic N) is 1. The first kappa shape index (κ1) is 16.3. The average Bonchev–Trinajstić information content (AvgIpc) is 2.46. The van der Waals surface area contributed by atoms with Crippen molar-refractivity contribution in [2.75, 3.05) is 18.0 Å². The molecule has 0 saturated carbocycles. The number of rotatable bonds is 9. The topological polar surface area (TPSA) is 40.5 Å². The number of hydrogen-bond acceptors (Lipinski definition) is 2. The molecule has 0 amide bonds. The van der Waals surface area contributed by atoms with Gasteiger partial charge >= 0.3 is 5.97 Å². The molecule has 20 heavy (non-hydrogen) atoms. The van der Waals surface area contributed by atoms with Crippen LogP contribution in [-0.4, -0.2) is 24.2 Å². The van der Waals surface area contributed by atoms with Crippen LogP contribution >= 0.6 is 0 Å². The molecule has 0 atom stereocenters. The van der Waals surface area contributed by atoms with Crippen molar-refractivity contribution in [1.82, 2.24) is 0 Å². The van der Waals surface area contributed by atoms with Crippen molar-refractivity contribution < 1.29 is 9.90 Å². The van der Waals surface area contributed by atoms with Crippen LogP contribution in [0.25, 0.3) is 6.08 Å². The van der Waals surface area contributed by atoms with Gasteiger partial charge in [-0.05, 0) is 36.6 Å². The minimum absolute atomic E-state index is 0.915. The number of carboxylic acid groups (broad SMARTS) is 1. The van der Waals surface area contributed by atoms with Crippen LogP contribution < -0.4 is 4.90 Å². The van der Waals surface area contributed by atoms with Gasteiger partial charge in [0.05, 0.1) is 0 Å². The van der Waals surface area contributed by atoms with Gasteiger partial charge < -0.3 is 10.0 Å². The molecule has 110 valence electrons. The summed E-state index contributed by atoms with van der Waals surface area (Å²) in [5, 5.41) is 8.62. The van der Waals surface area contributed by atoms with Gasteiger partial charge in [-0.1, -0.05) is 38.8 Å². The lowest BCUT2D eigenvalue weighted by Gasteiger charge is -2.24. The number of benzene rings is 1.